The molecule has 7 nitrogen and oxygen atoms in total. The zero-order valence-electron chi connectivity index (χ0n) is 18.1. The third-order valence-electron chi connectivity index (χ3n) is 5.77. The lowest BCUT2D eigenvalue weighted by Gasteiger charge is -2.28. The van der Waals surface area contributed by atoms with Crippen LogP contribution in [0.15, 0.2) is 59.9 Å². The largest absolute Gasteiger partial charge is 0.378 e. The van der Waals surface area contributed by atoms with Gasteiger partial charge in [0.1, 0.15) is 0 Å². The first-order valence-corrected chi connectivity index (χ1v) is 11.6. The van der Waals surface area contributed by atoms with Crippen molar-refractivity contribution in [3.63, 3.8) is 0 Å². The number of ether oxygens (including phenoxy) is 1. The Bertz CT molecular complexity index is 1260. The minimum absolute atomic E-state index is 0.0692. The molecule has 2 aromatic heterocycles. The van der Waals surface area contributed by atoms with Crippen molar-refractivity contribution in [1.82, 2.24) is 19.7 Å². The van der Waals surface area contributed by atoms with Gasteiger partial charge in [-0.15, -0.1) is 10.2 Å². The molecular weight excluding hydrogens is 422 g/mol. The molecule has 5 rings (SSSR count). The van der Waals surface area contributed by atoms with Crippen molar-refractivity contribution in [1.29, 1.82) is 0 Å². The Balaban J connectivity index is 1.49. The number of para-hydroxylation sites is 2. The molecule has 164 valence electrons. The Morgan fingerprint density at radius 3 is 2.66 bits per heavy atom. The Morgan fingerprint density at radius 2 is 1.84 bits per heavy atom. The van der Waals surface area contributed by atoms with Crippen LogP contribution in [0.3, 0.4) is 0 Å². The fourth-order valence-electron chi connectivity index (χ4n) is 4.04. The summed E-state index contributed by atoms with van der Waals surface area (Å²) in [4.78, 5) is 18.7. The molecule has 0 saturated carbocycles. The Kier molecular flexibility index (Phi) is 5.71. The van der Waals surface area contributed by atoms with E-state index in [0.29, 0.717) is 23.9 Å². The van der Waals surface area contributed by atoms with Crippen molar-refractivity contribution in [2.24, 2.45) is 0 Å². The van der Waals surface area contributed by atoms with Gasteiger partial charge in [-0.3, -0.25) is 9.36 Å². The number of hydrogen-bond donors (Lipinski definition) is 1. The predicted molar refractivity (Wildman–Crippen MR) is 127 cm³/mol. The minimum atomic E-state index is -0.321. The van der Waals surface area contributed by atoms with Crippen LogP contribution < -0.4 is 4.90 Å². The van der Waals surface area contributed by atoms with Crippen LogP contribution in [0.1, 0.15) is 22.8 Å². The van der Waals surface area contributed by atoms with Crippen molar-refractivity contribution in [3.05, 3.63) is 65.9 Å². The number of thioether (sulfide) groups is 1. The van der Waals surface area contributed by atoms with Crippen molar-refractivity contribution in [2.45, 2.75) is 24.3 Å². The van der Waals surface area contributed by atoms with Crippen LogP contribution in [-0.4, -0.2) is 57.1 Å². The molecule has 0 unspecified atom stereocenters. The van der Waals surface area contributed by atoms with Gasteiger partial charge in [0.2, 0.25) is 5.95 Å². The van der Waals surface area contributed by atoms with Crippen molar-refractivity contribution >= 4 is 34.4 Å². The highest BCUT2D eigenvalue weighted by molar-refractivity contribution is 8.00. The lowest BCUT2D eigenvalue weighted by molar-refractivity contribution is 0.0995. The third kappa shape index (κ3) is 3.80. The normalized spacial score (nSPS) is 15.2. The number of Topliss-reactive ketones (excluding diaryl/α,β-unsaturated/α-hetero) is 1. The van der Waals surface area contributed by atoms with Gasteiger partial charge in [0.15, 0.2) is 10.9 Å². The lowest BCUT2D eigenvalue weighted by Crippen LogP contribution is -2.38. The molecule has 1 N–H and O–H groups in total. The van der Waals surface area contributed by atoms with Gasteiger partial charge in [-0.05, 0) is 31.5 Å². The molecule has 2 aromatic carbocycles. The molecule has 1 fully saturated rings. The molecular formula is C24H25N5O2S. The summed E-state index contributed by atoms with van der Waals surface area (Å²) in [6, 6.07) is 16.0. The maximum absolute atomic E-state index is 13.3. The van der Waals surface area contributed by atoms with E-state index in [2.05, 4.69) is 43.7 Å². The van der Waals surface area contributed by atoms with E-state index in [0.717, 1.165) is 41.2 Å². The van der Waals surface area contributed by atoms with E-state index in [1.165, 1.54) is 11.8 Å². The van der Waals surface area contributed by atoms with Gasteiger partial charge < -0.3 is 14.6 Å². The van der Waals surface area contributed by atoms with Gasteiger partial charge in [-0.25, -0.2) is 0 Å². The molecule has 1 saturated heterocycles. The molecule has 0 spiro atoms. The number of morpholine rings is 1. The van der Waals surface area contributed by atoms with Crippen molar-refractivity contribution < 1.29 is 9.53 Å². The monoisotopic (exact) mass is 447 g/mol. The number of ketones is 1. The number of fused-ring (bicyclic) bond motifs is 1. The molecule has 1 aliphatic rings. The Morgan fingerprint density at radius 1 is 1.09 bits per heavy atom. The number of aromatic amines is 1. The number of nitrogens with one attached hydrogen (secondary N) is 1. The van der Waals surface area contributed by atoms with Crippen LogP contribution in [0, 0.1) is 6.92 Å². The second kappa shape index (κ2) is 8.80. The number of aryl methyl sites for hydroxylation is 1. The number of hydrogen-bond acceptors (Lipinski definition) is 6. The summed E-state index contributed by atoms with van der Waals surface area (Å²) >= 11 is 1.44. The fraction of sp³-hybridized carbons (Fsp3) is 0.292. The average molecular weight is 448 g/mol. The second-order valence-corrected chi connectivity index (χ2v) is 9.18. The van der Waals surface area contributed by atoms with Gasteiger partial charge in [-0.2, -0.15) is 0 Å². The zero-order valence-corrected chi connectivity index (χ0v) is 18.9. The summed E-state index contributed by atoms with van der Waals surface area (Å²) in [6.07, 6.45) is 1.80. The van der Waals surface area contributed by atoms with Crippen molar-refractivity contribution in [3.8, 4) is 5.69 Å². The lowest BCUT2D eigenvalue weighted by atomic mass is 10.1. The van der Waals surface area contributed by atoms with E-state index in [4.69, 9.17) is 4.74 Å². The maximum Gasteiger partial charge on any atom is 0.232 e. The highest BCUT2D eigenvalue weighted by Gasteiger charge is 2.26. The molecule has 0 amide bonds. The quantitative estimate of drug-likeness (QED) is 0.352. The highest BCUT2D eigenvalue weighted by Crippen LogP contribution is 2.33. The zero-order chi connectivity index (χ0) is 22.1. The van der Waals surface area contributed by atoms with Gasteiger partial charge in [0, 0.05) is 35.8 Å². The summed E-state index contributed by atoms with van der Waals surface area (Å²) in [6.45, 7) is 6.86. The Labute approximate surface area is 190 Å². The van der Waals surface area contributed by atoms with E-state index in [-0.39, 0.29) is 11.0 Å². The topological polar surface area (TPSA) is 76.0 Å². The van der Waals surface area contributed by atoms with Crippen LogP contribution >= 0.6 is 11.8 Å². The average Bonchev–Trinajstić information content (AvgIpc) is 3.44. The first kappa shape index (κ1) is 20.8. The number of benzene rings is 2. The van der Waals surface area contributed by atoms with Crippen LogP contribution in [0.4, 0.5) is 5.95 Å². The maximum atomic E-state index is 13.3. The number of carbonyl (C=O) groups is 1. The SMILES string of the molecule is Cc1ccccc1-n1c(S[C@H](C)C(=O)c2c[nH]c3ccccc23)nnc1N1CCOCC1. The second-order valence-electron chi connectivity index (χ2n) is 7.88. The van der Waals surface area contributed by atoms with Crippen molar-refractivity contribution in [2.75, 3.05) is 31.2 Å². The Hall–Kier alpha value is -3.10. The molecule has 1 atom stereocenters. The van der Waals surface area contributed by atoms with Gasteiger partial charge in [-0.1, -0.05) is 48.2 Å². The molecule has 32 heavy (non-hydrogen) atoms. The highest BCUT2D eigenvalue weighted by atomic mass is 32.2. The summed E-state index contributed by atoms with van der Waals surface area (Å²) in [5, 5.41) is 10.4. The van der Waals surface area contributed by atoms with Crippen LogP contribution in [0.5, 0.6) is 0 Å². The molecule has 0 bridgehead atoms. The van der Waals surface area contributed by atoms with Gasteiger partial charge in [0.05, 0.1) is 24.2 Å². The first-order valence-electron chi connectivity index (χ1n) is 10.7. The summed E-state index contributed by atoms with van der Waals surface area (Å²) in [5.41, 5.74) is 3.81. The molecule has 3 heterocycles. The standard InChI is InChI=1S/C24H25N5O2S/c1-16-7-3-6-10-21(16)29-23(28-11-13-31-14-12-28)26-27-24(29)32-17(2)22(30)19-15-25-20-9-5-4-8-18(19)20/h3-10,15,17,25H,11-14H2,1-2H3/t17-/m1/s1. The number of carbonyl (C=O) groups excluding carboxylic acids is 1. The summed E-state index contributed by atoms with van der Waals surface area (Å²) < 4.78 is 7.59. The van der Waals surface area contributed by atoms with E-state index >= 15 is 0 Å². The van der Waals surface area contributed by atoms with E-state index < -0.39 is 0 Å². The summed E-state index contributed by atoms with van der Waals surface area (Å²) in [5.74, 6) is 0.858. The fourth-order valence-corrected chi connectivity index (χ4v) is 4.96. The van der Waals surface area contributed by atoms with E-state index in [9.17, 15) is 4.79 Å². The predicted octanol–water partition coefficient (Wildman–Crippen LogP) is 4.26. The molecule has 0 aliphatic carbocycles. The van der Waals surface area contributed by atoms with Crippen LogP contribution in [0.25, 0.3) is 16.6 Å². The number of H-pyrrole nitrogens is 1. The number of aromatic nitrogens is 4. The first-order chi connectivity index (χ1) is 15.6. The molecule has 4 aromatic rings. The molecule has 8 heteroatoms. The van der Waals surface area contributed by atoms with Crippen LogP contribution in [0.2, 0.25) is 0 Å². The molecule has 1 aliphatic heterocycles. The minimum Gasteiger partial charge on any atom is -0.378 e. The van der Waals surface area contributed by atoms with Gasteiger partial charge >= 0.3 is 0 Å². The van der Waals surface area contributed by atoms with Gasteiger partial charge in [0.25, 0.3) is 0 Å². The number of anilines is 1. The van der Waals surface area contributed by atoms with Crippen LogP contribution in [-0.2, 0) is 4.74 Å². The van der Waals surface area contributed by atoms with E-state index in [1.807, 2.05) is 43.3 Å². The third-order valence-corrected chi connectivity index (χ3v) is 6.82. The number of nitrogens with zero attached hydrogens (tertiary/aromatic N) is 4. The van der Waals surface area contributed by atoms with E-state index in [1.54, 1.807) is 6.20 Å². The smallest absolute Gasteiger partial charge is 0.232 e. The number of rotatable bonds is 6. The summed E-state index contributed by atoms with van der Waals surface area (Å²) in [7, 11) is 0. The molecule has 0 radical (unpaired) electrons.